The number of alkyl carbamates (subject to hydrolysis) is 1. The van der Waals surface area contributed by atoms with Crippen LogP contribution < -0.4 is 5.32 Å². The molecule has 1 amide bonds. The van der Waals surface area contributed by atoms with Gasteiger partial charge in [-0.25, -0.2) is 14.4 Å². The molecule has 0 aliphatic heterocycles. The van der Waals surface area contributed by atoms with Gasteiger partial charge in [-0.15, -0.1) is 0 Å². The minimum absolute atomic E-state index is 0.129. The van der Waals surface area contributed by atoms with Gasteiger partial charge in [0.25, 0.3) is 0 Å². The van der Waals surface area contributed by atoms with E-state index < -0.39 is 36.0 Å². The molecule has 1 aromatic rings. The number of rotatable bonds is 12. The van der Waals surface area contributed by atoms with Crippen molar-refractivity contribution < 1.29 is 33.3 Å². The Balaban J connectivity index is 2.84. The quantitative estimate of drug-likeness (QED) is 0.0873. The molecule has 32 heavy (non-hydrogen) atoms. The lowest BCUT2D eigenvalue weighted by molar-refractivity contribution is -0.153. The maximum atomic E-state index is 12.5. The van der Waals surface area contributed by atoms with Gasteiger partial charge in [0, 0.05) is 15.9 Å². The summed E-state index contributed by atoms with van der Waals surface area (Å²) in [7, 11) is 4.48. The molecule has 1 aromatic carbocycles. The number of carbonyl (C=O) groups is 3. The molecule has 11 heteroatoms. The van der Waals surface area contributed by atoms with Crippen molar-refractivity contribution in [2.24, 2.45) is 0 Å². The monoisotopic (exact) mass is 599 g/mol. The minimum atomic E-state index is -1.46. The van der Waals surface area contributed by atoms with Crippen LogP contribution in [0.25, 0.3) is 0 Å². The third-order valence-electron chi connectivity index (χ3n) is 3.62. The highest BCUT2D eigenvalue weighted by Crippen LogP contribution is 2.24. The summed E-state index contributed by atoms with van der Waals surface area (Å²) in [5.74, 6) is 0.773. The molecule has 0 bridgehead atoms. The summed E-state index contributed by atoms with van der Waals surface area (Å²) in [5, 5.41) is 2.60. The molecule has 8 nitrogen and oxygen atoms in total. The van der Waals surface area contributed by atoms with Crippen LogP contribution in [-0.4, -0.2) is 59.6 Å². The molecule has 0 radical (unpaired) electrons. The van der Waals surface area contributed by atoms with Crippen molar-refractivity contribution in [1.82, 2.24) is 5.32 Å². The summed E-state index contributed by atoms with van der Waals surface area (Å²) < 4.78 is 21.6. The van der Waals surface area contributed by atoms with Crippen molar-refractivity contribution in [1.29, 1.82) is 0 Å². The van der Waals surface area contributed by atoms with E-state index in [1.807, 2.05) is 0 Å². The first-order valence-corrected chi connectivity index (χ1v) is 14.0. The minimum Gasteiger partial charge on any atom is -0.466 e. The molecule has 1 rings (SSSR count). The molecule has 0 aliphatic carbocycles. The highest BCUT2D eigenvalue weighted by molar-refractivity contribution is 14.1. The molecule has 180 valence electrons. The lowest BCUT2D eigenvalue weighted by Crippen LogP contribution is -2.45. The van der Waals surface area contributed by atoms with Crippen LogP contribution in [0.4, 0.5) is 9.59 Å². The predicted octanol–water partition coefficient (Wildman–Crippen LogP) is 5.15. The van der Waals surface area contributed by atoms with E-state index in [1.165, 1.54) is 7.11 Å². The Morgan fingerprint density at radius 2 is 1.75 bits per heavy atom. The standard InChI is InChI=1S/C21H30INO7S2/c1-21(2,3)30-19(25)23-16(15-9-6-5-7-10-15)17(18(24)27-4)29-20(26)28-12-14-32-31-13-8-11-22/h5-7,9-10,16-17H,8,11-14H2,1-4H3,(H,23,25)/t16-,17?/m0/s1. The average Bonchev–Trinajstić information content (AvgIpc) is 2.74. The topological polar surface area (TPSA) is 100 Å². The number of halogens is 1. The van der Waals surface area contributed by atoms with Gasteiger partial charge >= 0.3 is 18.2 Å². The van der Waals surface area contributed by atoms with Crippen molar-refractivity contribution in [3.05, 3.63) is 35.9 Å². The van der Waals surface area contributed by atoms with Crippen molar-refractivity contribution >= 4 is 62.4 Å². The van der Waals surface area contributed by atoms with Crippen LogP contribution >= 0.6 is 44.2 Å². The number of hydrogen-bond donors (Lipinski definition) is 1. The smallest absolute Gasteiger partial charge is 0.466 e. The van der Waals surface area contributed by atoms with Crippen LogP contribution in [-0.2, 0) is 23.7 Å². The van der Waals surface area contributed by atoms with Gasteiger partial charge in [-0.1, -0.05) is 74.5 Å². The number of alkyl halides is 1. The molecule has 0 saturated heterocycles. The van der Waals surface area contributed by atoms with Crippen molar-refractivity contribution in [3.8, 4) is 0 Å². The van der Waals surface area contributed by atoms with Gasteiger partial charge in [-0.3, -0.25) is 0 Å². The normalized spacial score (nSPS) is 12.9. The first kappa shape index (κ1) is 28.7. The van der Waals surface area contributed by atoms with Crippen molar-refractivity contribution in [2.45, 2.75) is 44.9 Å². The zero-order chi connectivity index (χ0) is 24.0. The average molecular weight is 600 g/mol. The number of benzene rings is 1. The van der Waals surface area contributed by atoms with E-state index in [1.54, 1.807) is 72.7 Å². The molecular formula is C21H30INO7S2. The molecule has 0 aromatic heterocycles. The van der Waals surface area contributed by atoms with Crippen LogP contribution in [0.5, 0.6) is 0 Å². The van der Waals surface area contributed by atoms with Gasteiger partial charge in [0.15, 0.2) is 0 Å². The molecule has 0 heterocycles. The molecule has 0 aliphatic rings. The third-order valence-corrected chi connectivity index (χ3v) is 6.84. The fourth-order valence-corrected chi connectivity index (χ4v) is 5.14. The molecule has 0 fully saturated rings. The van der Waals surface area contributed by atoms with Crippen LogP contribution in [0, 0.1) is 0 Å². The Hall–Kier alpha value is -1.34. The third kappa shape index (κ3) is 12.0. The second-order valence-electron chi connectivity index (χ2n) is 7.38. The highest BCUT2D eigenvalue weighted by Gasteiger charge is 2.37. The van der Waals surface area contributed by atoms with Gasteiger partial charge in [-0.2, -0.15) is 0 Å². The van der Waals surface area contributed by atoms with E-state index in [0.29, 0.717) is 11.3 Å². The first-order chi connectivity index (χ1) is 15.2. The maximum absolute atomic E-state index is 12.5. The van der Waals surface area contributed by atoms with Crippen LogP contribution in [0.1, 0.15) is 38.8 Å². The summed E-state index contributed by atoms with van der Waals surface area (Å²) in [5.41, 5.74) is -0.220. The largest absolute Gasteiger partial charge is 0.509 e. The van der Waals surface area contributed by atoms with Crippen molar-refractivity contribution in [2.75, 3.05) is 29.6 Å². The summed E-state index contributed by atoms with van der Waals surface area (Å²) >= 11 is 2.33. The zero-order valence-electron chi connectivity index (χ0n) is 18.6. The lowest BCUT2D eigenvalue weighted by atomic mass is 10.0. The van der Waals surface area contributed by atoms with Gasteiger partial charge in [-0.05, 0) is 32.8 Å². The Kier molecular flexibility index (Phi) is 13.9. The fraction of sp³-hybridized carbons (Fsp3) is 0.571. The molecule has 2 atom stereocenters. The highest BCUT2D eigenvalue weighted by atomic mass is 127. The number of esters is 1. The Morgan fingerprint density at radius 1 is 1.09 bits per heavy atom. The fourth-order valence-electron chi connectivity index (χ4n) is 2.33. The second kappa shape index (κ2) is 15.5. The van der Waals surface area contributed by atoms with E-state index >= 15 is 0 Å². The number of methoxy groups -OCH3 is 1. The molecular weight excluding hydrogens is 569 g/mol. The summed E-state index contributed by atoms with van der Waals surface area (Å²) in [4.78, 5) is 37.1. The number of carbonyl (C=O) groups excluding carboxylic acids is 3. The summed E-state index contributed by atoms with van der Waals surface area (Å²) in [6.45, 7) is 5.28. The van der Waals surface area contributed by atoms with E-state index in [4.69, 9.17) is 18.9 Å². The van der Waals surface area contributed by atoms with Crippen LogP contribution in [0.2, 0.25) is 0 Å². The Bertz CT molecular complexity index is 716. The number of hydrogen-bond acceptors (Lipinski definition) is 9. The number of amides is 1. The molecule has 0 saturated carbocycles. The van der Waals surface area contributed by atoms with E-state index in [9.17, 15) is 14.4 Å². The van der Waals surface area contributed by atoms with Crippen LogP contribution in [0.3, 0.4) is 0 Å². The Morgan fingerprint density at radius 3 is 2.34 bits per heavy atom. The second-order valence-corrected chi connectivity index (χ2v) is 11.2. The van der Waals surface area contributed by atoms with Crippen LogP contribution in [0.15, 0.2) is 30.3 Å². The van der Waals surface area contributed by atoms with E-state index in [-0.39, 0.29) is 6.61 Å². The summed E-state index contributed by atoms with van der Waals surface area (Å²) in [6.07, 6.45) is -2.14. The molecule has 1 unspecified atom stereocenters. The zero-order valence-corrected chi connectivity index (χ0v) is 22.4. The van der Waals surface area contributed by atoms with Gasteiger partial charge < -0.3 is 24.3 Å². The maximum Gasteiger partial charge on any atom is 0.509 e. The van der Waals surface area contributed by atoms with Crippen molar-refractivity contribution in [3.63, 3.8) is 0 Å². The van der Waals surface area contributed by atoms with Gasteiger partial charge in [0.1, 0.15) is 18.2 Å². The SMILES string of the molecule is COC(=O)C(OC(=O)OCCSSCCCI)[C@@H](NC(=O)OC(C)(C)C)c1ccccc1. The lowest BCUT2D eigenvalue weighted by Gasteiger charge is -2.27. The molecule has 0 spiro atoms. The van der Waals surface area contributed by atoms with Gasteiger partial charge in [0.05, 0.1) is 7.11 Å². The number of ether oxygens (including phenoxy) is 4. The van der Waals surface area contributed by atoms with E-state index in [2.05, 4.69) is 27.9 Å². The van der Waals surface area contributed by atoms with E-state index in [0.717, 1.165) is 16.6 Å². The molecule has 1 N–H and O–H groups in total. The Labute approximate surface area is 210 Å². The predicted molar refractivity (Wildman–Crippen MR) is 135 cm³/mol. The first-order valence-electron chi connectivity index (χ1n) is 9.94. The number of nitrogens with one attached hydrogen (secondary N) is 1. The summed E-state index contributed by atoms with van der Waals surface area (Å²) in [6, 6.07) is 7.60. The van der Waals surface area contributed by atoms with Gasteiger partial charge in [0.2, 0.25) is 6.10 Å².